The lowest BCUT2D eigenvalue weighted by Crippen LogP contribution is -2.32. The topological polar surface area (TPSA) is 44.0 Å². The van der Waals surface area contributed by atoms with Gasteiger partial charge < -0.3 is 9.90 Å². The number of carboxylic acid groups (broad SMARTS) is 1. The molecule has 0 aliphatic rings. The highest BCUT2D eigenvalue weighted by Gasteiger charge is 2.06. The minimum absolute atomic E-state index is 0.243. The summed E-state index contributed by atoms with van der Waals surface area (Å²) in [6.45, 7) is 0. The molecule has 0 unspecified atom stereocenters. The summed E-state index contributed by atoms with van der Waals surface area (Å²) in [5.74, 6) is -1.13. The Labute approximate surface area is 75.0 Å². The average molecular weight is 183 g/mol. The molecule has 3 nitrogen and oxygen atoms in total. The molecule has 0 fully saturated rings. The zero-order valence-corrected chi connectivity index (χ0v) is 7.72. The Morgan fingerprint density at radius 3 is 2.83 bits per heavy atom. The van der Waals surface area contributed by atoms with E-state index < -0.39 is 5.97 Å². The summed E-state index contributed by atoms with van der Waals surface area (Å²) in [5.41, 5.74) is 0.243. The van der Waals surface area contributed by atoms with Crippen LogP contribution in [0, 0.1) is 0 Å². The molecular formula is C8H9NO2S. The SMILES string of the molecule is CSc1cc[n+](C)cc1C(=O)[O-]. The lowest BCUT2D eigenvalue weighted by atomic mass is 10.3. The monoisotopic (exact) mass is 183 g/mol. The molecule has 0 saturated heterocycles. The van der Waals surface area contributed by atoms with Gasteiger partial charge in [-0.1, -0.05) is 0 Å². The summed E-state index contributed by atoms with van der Waals surface area (Å²) in [4.78, 5) is 11.3. The Morgan fingerprint density at radius 1 is 1.67 bits per heavy atom. The molecule has 0 saturated carbocycles. The second-order valence-corrected chi connectivity index (χ2v) is 3.23. The Morgan fingerprint density at radius 2 is 2.33 bits per heavy atom. The number of aromatic carboxylic acids is 1. The lowest BCUT2D eigenvalue weighted by Gasteiger charge is -2.04. The Hall–Kier alpha value is -1.03. The van der Waals surface area contributed by atoms with Gasteiger partial charge in [0.25, 0.3) is 0 Å². The summed E-state index contributed by atoms with van der Waals surface area (Å²) in [6, 6.07) is 1.76. The van der Waals surface area contributed by atoms with Crippen LogP contribution in [-0.4, -0.2) is 12.2 Å². The molecule has 0 aliphatic carbocycles. The Kier molecular flexibility index (Phi) is 2.70. The van der Waals surface area contributed by atoms with E-state index in [9.17, 15) is 9.90 Å². The average Bonchev–Trinajstić information content (AvgIpc) is 2.04. The third-order valence-corrected chi connectivity index (χ3v) is 2.29. The van der Waals surface area contributed by atoms with Crippen molar-refractivity contribution < 1.29 is 14.5 Å². The van der Waals surface area contributed by atoms with Crippen molar-refractivity contribution in [2.24, 2.45) is 7.05 Å². The molecule has 0 aliphatic heterocycles. The molecule has 1 heterocycles. The largest absolute Gasteiger partial charge is 0.545 e. The van der Waals surface area contributed by atoms with E-state index in [1.807, 2.05) is 6.26 Å². The number of aromatic nitrogens is 1. The number of pyridine rings is 1. The molecule has 1 aromatic heterocycles. The first-order chi connectivity index (χ1) is 5.65. The Balaban J connectivity index is 3.21. The van der Waals surface area contributed by atoms with E-state index in [1.54, 1.807) is 30.1 Å². The second-order valence-electron chi connectivity index (χ2n) is 2.38. The summed E-state index contributed by atoms with van der Waals surface area (Å²) in [5, 5.41) is 10.6. The molecule has 1 aromatic rings. The first-order valence-electron chi connectivity index (χ1n) is 3.39. The van der Waals surface area contributed by atoms with E-state index in [1.165, 1.54) is 11.8 Å². The van der Waals surface area contributed by atoms with E-state index in [2.05, 4.69) is 0 Å². The van der Waals surface area contributed by atoms with E-state index in [0.717, 1.165) is 4.90 Å². The van der Waals surface area contributed by atoms with Crippen molar-refractivity contribution in [3.05, 3.63) is 24.0 Å². The van der Waals surface area contributed by atoms with Gasteiger partial charge in [0.05, 0.1) is 11.5 Å². The van der Waals surface area contributed by atoms with Crippen LogP contribution in [0.5, 0.6) is 0 Å². The third kappa shape index (κ3) is 1.76. The number of carbonyl (C=O) groups excluding carboxylic acids is 1. The highest BCUT2D eigenvalue weighted by Crippen LogP contribution is 2.16. The predicted octanol–water partition coefficient (Wildman–Crippen LogP) is -0.403. The van der Waals surface area contributed by atoms with Crippen LogP contribution in [0.1, 0.15) is 10.4 Å². The lowest BCUT2D eigenvalue weighted by molar-refractivity contribution is -0.672. The Bertz CT molecular complexity index is 312. The summed E-state index contributed by atoms with van der Waals surface area (Å²) < 4.78 is 1.69. The van der Waals surface area contributed by atoms with Gasteiger partial charge in [-0.25, -0.2) is 4.57 Å². The molecule has 0 radical (unpaired) electrons. The zero-order valence-electron chi connectivity index (χ0n) is 6.90. The third-order valence-electron chi connectivity index (χ3n) is 1.50. The van der Waals surface area contributed by atoms with Gasteiger partial charge in [-0.05, 0) is 6.26 Å². The molecule has 0 bridgehead atoms. The standard InChI is InChI=1S/C8H9NO2S/c1-9-4-3-7(12-2)6(5-9)8(10)11/h3-5H,1-2H3. The molecule has 4 heteroatoms. The number of thioether (sulfide) groups is 1. The van der Waals surface area contributed by atoms with Gasteiger partial charge in [-0.3, -0.25) is 0 Å². The van der Waals surface area contributed by atoms with Crippen molar-refractivity contribution in [3.8, 4) is 0 Å². The van der Waals surface area contributed by atoms with Crippen molar-refractivity contribution in [1.29, 1.82) is 0 Å². The normalized spacial score (nSPS) is 9.83. The predicted molar refractivity (Wildman–Crippen MR) is 43.7 cm³/mol. The molecule has 0 aromatic carbocycles. The number of aryl methyl sites for hydroxylation is 1. The van der Waals surface area contributed by atoms with E-state index in [4.69, 9.17) is 0 Å². The van der Waals surface area contributed by atoms with Crippen molar-refractivity contribution >= 4 is 17.7 Å². The van der Waals surface area contributed by atoms with Gasteiger partial charge in [-0.2, -0.15) is 0 Å². The van der Waals surface area contributed by atoms with Crippen molar-refractivity contribution in [3.63, 3.8) is 0 Å². The van der Waals surface area contributed by atoms with Crippen LogP contribution in [0.25, 0.3) is 0 Å². The van der Waals surface area contributed by atoms with Gasteiger partial charge >= 0.3 is 0 Å². The van der Waals surface area contributed by atoms with Crippen LogP contribution in [0.4, 0.5) is 0 Å². The minimum atomic E-state index is -1.13. The summed E-state index contributed by atoms with van der Waals surface area (Å²) >= 11 is 1.40. The van der Waals surface area contributed by atoms with Gasteiger partial charge in [0.2, 0.25) is 0 Å². The highest BCUT2D eigenvalue weighted by atomic mass is 32.2. The number of carbonyl (C=O) groups is 1. The maximum atomic E-state index is 10.6. The van der Waals surface area contributed by atoms with Crippen LogP contribution in [-0.2, 0) is 7.05 Å². The van der Waals surface area contributed by atoms with Crippen LogP contribution < -0.4 is 9.67 Å². The smallest absolute Gasteiger partial charge is 0.178 e. The van der Waals surface area contributed by atoms with Crippen molar-refractivity contribution in [2.45, 2.75) is 4.90 Å². The molecule has 1 rings (SSSR count). The number of carboxylic acids is 1. The van der Waals surface area contributed by atoms with E-state index in [0.29, 0.717) is 0 Å². The van der Waals surface area contributed by atoms with Gasteiger partial charge in [0.1, 0.15) is 7.05 Å². The number of nitrogens with zero attached hydrogens (tertiary/aromatic N) is 1. The van der Waals surface area contributed by atoms with Crippen LogP contribution >= 0.6 is 11.8 Å². The molecular weight excluding hydrogens is 174 g/mol. The fraction of sp³-hybridized carbons (Fsp3) is 0.250. The van der Waals surface area contributed by atoms with Crippen LogP contribution in [0.2, 0.25) is 0 Å². The maximum Gasteiger partial charge on any atom is 0.178 e. The molecule has 0 spiro atoms. The quantitative estimate of drug-likeness (QED) is 0.463. The van der Waals surface area contributed by atoms with Gasteiger partial charge in [0, 0.05) is 11.0 Å². The number of hydrogen-bond donors (Lipinski definition) is 0. The first-order valence-corrected chi connectivity index (χ1v) is 4.62. The summed E-state index contributed by atoms with van der Waals surface area (Å²) in [7, 11) is 1.77. The first kappa shape index (κ1) is 9.06. The summed E-state index contributed by atoms with van der Waals surface area (Å²) in [6.07, 6.45) is 5.18. The molecule has 64 valence electrons. The molecule has 0 atom stereocenters. The fourth-order valence-corrected chi connectivity index (χ4v) is 1.47. The van der Waals surface area contributed by atoms with Gasteiger partial charge in [-0.15, -0.1) is 11.8 Å². The molecule has 0 N–H and O–H groups in total. The van der Waals surface area contributed by atoms with E-state index in [-0.39, 0.29) is 5.56 Å². The maximum absolute atomic E-state index is 10.6. The number of hydrogen-bond acceptors (Lipinski definition) is 3. The second kappa shape index (κ2) is 3.58. The number of rotatable bonds is 2. The van der Waals surface area contributed by atoms with E-state index >= 15 is 0 Å². The van der Waals surface area contributed by atoms with Crippen molar-refractivity contribution in [1.82, 2.24) is 0 Å². The van der Waals surface area contributed by atoms with Gasteiger partial charge in [0.15, 0.2) is 12.4 Å². The minimum Gasteiger partial charge on any atom is -0.545 e. The van der Waals surface area contributed by atoms with Crippen LogP contribution in [0.3, 0.4) is 0 Å². The molecule has 12 heavy (non-hydrogen) atoms. The zero-order chi connectivity index (χ0) is 9.14. The van der Waals surface area contributed by atoms with Crippen molar-refractivity contribution in [2.75, 3.05) is 6.26 Å². The fourth-order valence-electron chi connectivity index (χ4n) is 0.917. The van der Waals surface area contributed by atoms with Crippen LogP contribution in [0.15, 0.2) is 23.4 Å². The highest BCUT2D eigenvalue weighted by molar-refractivity contribution is 7.98. The molecule has 0 amide bonds.